The number of nitrogens with one attached hydrogen (secondary N) is 1. The fourth-order valence-electron chi connectivity index (χ4n) is 1.46. The molecule has 2 aromatic heterocycles. The van der Waals surface area contributed by atoms with Crippen LogP contribution in [0.5, 0.6) is 0 Å². The normalized spacial score (nSPS) is 10.6. The SMILES string of the molecule is Cc1cccnc1CNCCn1ccnn1. The highest BCUT2D eigenvalue weighted by molar-refractivity contribution is 5.17. The second-order valence-electron chi connectivity index (χ2n) is 3.61. The van der Waals surface area contributed by atoms with Gasteiger partial charge in [0.25, 0.3) is 0 Å². The van der Waals surface area contributed by atoms with Crippen LogP contribution in [-0.4, -0.2) is 26.5 Å². The molecular weight excluding hydrogens is 202 g/mol. The van der Waals surface area contributed by atoms with Gasteiger partial charge in [-0.3, -0.25) is 9.67 Å². The number of aromatic nitrogens is 4. The summed E-state index contributed by atoms with van der Waals surface area (Å²) in [6, 6.07) is 4.02. The molecule has 0 saturated heterocycles. The third-order valence-corrected chi connectivity index (χ3v) is 2.40. The van der Waals surface area contributed by atoms with Gasteiger partial charge in [0, 0.05) is 25.5 Å². The summed E-state index contributed by atoms with van der Waals surface area (Å²) in [5, 5.41) is 11.0. The van der Waals surface area contributed by atoms with Gasteiger partial charge in [0.2, 0.25) is 0 Å². The lowest BCUT2D eigenvalue weighted by Gasteiger charge is -2.06. The van der Waals surface area contributed by atoms with E-state index < -0.39 is 0 Å². The van der Waals surface area contributed by atoms with E-state index in [9.17, 15) is 0 Å². The summed E-state index contributed by atoms with van der Waals surface area (Å²) in [4.78, 5) is 4.32. The second kappa shape index (κ2) is 5.37. The number of rotatable bonds is 5. The Morgan fingerprint density at radius 1 is 1.38 bits per heavy atom. The van der Waals surface area contributed by atoms with E-state index in [0.717, 1.165) is 25.3 Å². The summed E-state index contributed by atoms with van der Waals surface area (Å²) in [5.41, 5.74) is 2.32. The number of hydrogen-bond acceptors (Lipinski definition) is 4. The predicted molar refractivity (Wildman–Crippen MR) is 60.7 cm³/mol. The maximum absolute atomic E-state index is 4.32. The van der Waals surface area contributed by atoms with E-state index in [4.69, 9.17) is 0 Å². The average Bonchev–Trinajstić information content (AvgIpc) is 2.79. The molecule has 0 aliphatic carbocycles. The Hall–Kier alpha value is -1.75. The molecule has 0 aliphatic heterocycles. The third kappa shape index (κ3) is 2.87. The lowest BCUT2D eigenvalue weighted by atomic mass is 10.2. The van der Waals surface area contributed by atoms with E-state index in [1.807, 2.05) is 18.5 Å². The Labute approximate surface area is 94.5 Å². The van der Waals surface area contributed by atoms with Crippen LogP contribution in [0, 0.1) is 6.92 Å². The van der Waals surface area contributed by atoms with Crippen LogP contribution < -0.4 is 5.32 Å². The van der Waals surface area contributed by atoms with Gasteiger partial charge in [0.15, 0.2) is 0 Å². The van der Waals surface area contributed by atoms with Crippen LogP contribution in [0.2, 0.25) is 0 Å². The molecule has 5 nitrogen and oxygen atoms in total. The second-order valence-corrected chi connectivity index (χ2v) is 3.61. The molecule has 16 heavy (non-hydrogen) atoms. The molecular formula is C11H15N5. The highest BCUT2D eigenvalue weighted by Crippen LogP contribution is 2.01. The molecule has 0 unspecified atom stereocenters. The Morgan fingerprint density at radius 3 is 3.06 bits per heavy atom. The van der Waals surface area contributed by atoms with Crippen molar-refractivity contribution in [2.45, 2.75) is 20.0 Å². The van der Waals surface area contributed by atoms with Crippen LogP contribution in [0.25, 0.3) is 0 Å². The number of pyridine rings is 1. The Morgan fingerprint density at radius 2 is 2.31 bits per heavy atom. The molecule has 0 aliphatic rings. The zero-order valence-corrected chi connectivity index (χ0v) is 9.30. The number of hydrogen-bond donors (Lipinski definition) is 1. The quantitative estimate of drug-likeness (QED) is 0.752. The number of aryl methyl sites for hydroxylation is 1. The molecule has 0 saturated carbocycles. The summed E-state index contributed by atoms with van der Waals surface area (Å²) < 4.78 is 1.80. The Balaban J connectivity index is 1.74. The van der Waals surface area contributed by atoms with Crippen molar-refractivity contribution in [3.8, 4) is 0 Å². The molecule has 2 rings (SSSR count). The van der Waals surface area contributed by atoms with E-state index in [0.29, 0.717) is 0 Å². The van der Waals surface area contributed by atoms with Crippen LogP contribution in [0.15, 0.2) is 30.7 Å². The van der Waals surface area contributed by atoms with Gasteiger partial charge in [-0.25, -0.2) is 0 Å². The first kappa shape index (κ1) is 10.8. The minimum atomic E-state index is 0.793. The zero-order chi connectivity index (χ0) is 11.2. The topological polar surface area (TPSA) is 55.6 Å². The Kier molecular flexibility index (Phi) is 3.61. The molecule has 1 N–H and O–H groups in total. The summed E-state index contributed by atoms with van der Waals surface area (Å²) >= 11 is 0. The molecule has 0 radical (unpaired) electrons. The summed E-state index contributed by atoms with van der Waals surface area (Å²) in [7, 11) is 0. The van der Waals surface area contributed by atoms with Crippen LogP contribution in [0.1, 0.15) is 11.3 Å². The highest BCUT2D eigenvalue weighted by atomic mass is 15.4. The fourth-order valence-corrected chi connectivity index (χ4v) is 1.46. The molecule has 0 fully saturated rings. The van der Waals surface area contributed by atoms with Crippen molar-refractivity contribution in [1.82, 2.24) is 25.3 Å². The summed E-state index contributed by atoms with van der Waals surface area (Å²) in [5.74, 6) is 0. The fraction of sp³-hybridized carbons (Fsp3) is 0.364. The first-order chi connectivity index (χ1) is 7.86. The minimum absolute atomic E-state index is 0.793. The van der Waals surface area contributed by atoms with Crippen LogP contribution in [0.3, 0.4) is 0 Å². The van der Waals surface area contributed by atoms with Crippen molar-refractivity contribution in [3.63, 3.8) is 0 Å². The monoisotopic (exact) mass is 217 g/mol. The van der Waals surface area contributed by atoms with E-state index in [-0.39, 0.29) is 0 Å². The van der Waals surface area contributed by atoms with Crippen molar-refractivity contribution >= 4 is 0 Å². The standard InChI is InChI=1S/C11H15N5/c1-10-3-2-4-13-11(10)9-12-5-7-16-8-6-14-15-16/h2-4,6,8,12H,5,7,9H2,1H3. The van der Waals surface area contributed by atoms with E-state index in [1.54, 1.807) is 10.9 Å². The summed E-state index contributed by atoms with van der Waals surface area (Å²) in [6.45, 7) is 4.55. The molecule has 0 spiro atoms. The first-order valence-electron chi connectivity index (χ1n) is 5.31. The van der Waals surface area contributed by atoms with Crippen molar-refractivity contribution < 1.29 is 0 Å². The van der Waals surface area contributed by atoms with Crippen molar-refractivity contribution in [2.75, 3.05) is 6.54 Å². The molecule has 2 aromatic rings. The summed E-state index contributed by atoms with van der Waals surface area (Å²) in [6.07, 6.45) is 5.36. The van der Waals surface area contributed by atoms with E-state index >= 15 is 0 Å². The number of nitrogens with zero attached hydrogens (tertiary/aromatic N) is 4. The van der Waals surface area contributed by atoms with E-state index in [1.165, 1.54) is 5.56 Å². The average molecular weight is 217 g/mol. The molecule has 0 atom stereocenters. The predicted octanol–water partition coefficient (Wildman–Crippen LogP) is 0.771. The Bertz CT molecular complexity index is 424. The maximum atomic E-state index is 4.32. The molecule has 0 bridgehead atoms. The largest absolute Gasteiger partial charge is 0.309 e. The highest BCUT2D eigenvalue weighted by Gasteiger charge is 1.97. The van der Waals surface area contributed by atoms with E-state index in [2.05, 4.69) is 33.6 Å². The molecule has 0 aromatic carbocycles. The smallest absolute Gasteiger partial charge is 0.0692 e. The van der Waals surface area contributed by atoms with Crippen molar-refractivity contribution in [3.05, 3.63) is 42.0 Å². The van der Waals surface area contributed by atoms with Gasteiger partial charge in [0.1, 0.15) is 0 Å². The third-order valence-electron chi connectivity index (χ3n) is 2.40. The molecule has 0 amide bonds. The van der Waals surface area contributed by atoms with Gasteiger partial charge in [0.05, 0.1) is 18.4 Å². The van der Waals surface area contributed by atoms with Gasteiger partial charge in [-0.15, -0.1) is 5.10 Å². The van der Waals surface area contributed by atoms with Crippen LogP contribution >= 0.6 is 0 Å². The van der Waals surface area contributed by atoms with Gasteiger partial charge in [-0.2, -0.15) is 0 Å². The van der Waals surface area contributed by atoms with Crippen LogP contribution in [-0.2, 0) is 13.1 Å². The zero-order valence-electron chi connectivity index (χ0n) is 9.30. The van der Waals surface area contributed by atoms with Crippen molar-refractivity contribution in [2.24, 2.45) is 0 Å². The van der Waals surface area contributed by atoms with Crippen LogP contribution in [0.4, 0.5) is 0 Å². The maximum Gasteiger partial charge on any atom is 0.0692 e. The molecule has 84 valence electrons. The van der Waals surface area contributed by atoms with Gasteiger partial charge in [-0.05, 0) is 18.6 Å². The van der Waals surface area contributed by atoms with Gasteiger partial charge >= 0.3 is 0 Å². The van der Waals surface area contributed by atoms with Gasteiger partial charge in [-0.1, -0.05) is 11.3 Å². The lowest BCUT2D eigenvalue weighted by molar-refractivity contribution is 0.537. The van der Waals surface area contributed by atoms with Crippen molar-refractivity contribution in [1.29, 1.82) is 0 Å². The minimum Gasteiger partial charge on any atom is -0.309 e. The van der Waals surface area contributed by atoms with Gasteiger partial charge < -0.3 is 5.32 Å². The first-order valence-corrected chi connectivity index (χ1v) is 5.31. The molecule has 5 heteroatoms. The lowest BCUT2D eigenvalue weighted by Crippen LogP contribution is -2.20. The molecule has 2 heterocycles.